The molecule has 14 heteroatoms. The highest BCUT2D eigenvalue weighted by atomic mass is 35.5. The number of aliphatic hydroxyl groups excluding tert-OH is 1. The van der Waals surface area contributed by atoms with Crippen molar-refractivity contribution < 1.29 is 52.6 Å². The lowest BCUT2D eigenvalue weighted by atomic mass is 9.94. The summed E-state index contributed by atoms with van der Waals surface area (Å²) in [6, 6.07) is 37.6. The van der Waals surface area contributed by atoms with Crippen molar-refractivity contribution in [3.05, 3.63) is 144 Å². The lowest BCUT2D eigenvalue weighted by molar-refractivity contribution is -0.356. The number of benzene rings is 4. The van der Waals surface area contributed by atoms with Crippen LogP contribution in [0.15, 0.2) is 121 Å². The molecule has 0 spiro atoms. The van der Waals surface area contributed by atoms with Crippen molar-refractivity contribution in [1.29, 1.82) is 0 Å². The summed E-state index contributed by atoms with van der Waals surface area (Å²) < 4.78 is 51.6. The molecule has 2 aliphatic rings. The van der Waals surface area contributed by atoms with Gasteiger partial charge in [-0.05, 0) is 22.3 Å². The summed E-state index contributed by atoms with van der Waals surface area (Å²) >= 11 is 5.86. The SMILES string of the molecule is CO[C@@H]1O[C@H](CNC(=O)CCl)[C@@H](O[C@@H]2O[C@H](COCc3ccccc3)[C@H](OCc3ccccc3)[C@H](OCc3ccccc3)[C@H]2O)[C@H](OCc2ccccc2)[C@H]1NC(C)=O. The molecule has 2 aliphatic heterocycles. The van der Waals surface area contributed by atoms with Gasteiger partial charge in [0.05, 0.1) is 33.0 Å². The highest BCUT2D eigenvalue weighted by Gasteiger charge is 2.53. The number of aliphatic hydroxyl groups is 1. The maximum atomic E-state index is 12.7. The first-order valence-corrected chi connectivity index (χ1v) is 20.2. The zero-order valence-corrected chi connectivity index (χ0v) is 33.9. The smallest absolute Gasteiger partial charge is 0.235 e. The van der Waals surface area contributed by atoms with E-state index < -0.39 is 67.3 Å². The zero-order chi connectivity index (χ0) is 41.4. The van der Waals surface area contributed by atoms with Gasteiger partial charge >= 0.3 is 0 Å². The molecule has 10 atom stereocenters. The van der Waals surface area contributed by atoms with E-state index >= 15 is 0 Å². The van der Waals surface area contributed by atoms with Crippen molar-refractivity contribution in [2.75, 3.05) is 26.1 Å². The quantitative estimate of drug-likeness (QED) is 0.107. The fourth-order valence-corrected chi connectivity index (χ4v) is 7.23. The van der Waals surface area contributed by atoms with Crippen molar-refractivity contribution >= 4 is 23.4 Å². The minimum absolute atomic E-state index is 0.0523. The van der Waals surface area contributed by atoms with Gasteiger partial charge in [-0.1, -0.05) is 121 Å². The standard InChI is InChI=1S/C45H53ClN2O11/c1-30(49)48-38-42(55-27-33-19-11-5-12-20-33)41(35(57-44(38)52-2)24-47-37(50)23-46)59-45-39(51)43(56-28-34-21-13-6-14-22-34)40(54-26-32-17-9-4-10-18-32)36(58-45)29-53-25-31-15-7-3-8-16-31/h3-22,35-36,38-45,51H,23-29H2,1-2H3,(H,47,50)(H,48,49)/t35-,36-,38-,39-,40+,41-,42-,43-,44-,45+/m1/s1. The molecule has 6 rings (SSSR count). The number of hydrogen-bond acceptors (Lipinski definition) is 11. The maximum absolute atomic E-state index is 12.7. The van der Waals surface area contributed by atoms with Crippen molar-refractivity contribution in [2.45, 2.75) is 94.7 Å². The number of methoxy groups -OCH3 is 1. The van der Waals surface area contributed by atoms with E-state index in [1.807, 2.05) is 121 Å². The average Bonchev–Trinajstić information content (AvgIpc) is 3.26. The fraction of sp³-hybridized carbons (Fsp3) is 0.422. The average molecular weight is 833 g/mol. The Morgan fingerprint density at radius 2 is 1.12 bits per heavy atom. The van der Waals surface area contributed by atoms with Crippen LogP contribution in [0.1, 0.15) is 29.2 Å². The minimum atomic E-state index is -1.42. The van der Waals surface area contributed by atoms with E-state index in [1.54, 1.807) is 0 Å². The van der Waals surface area contributed by atoms with Crippen LogP contribution in [0.3, 0.4) is 0 Å². The Morgan fingerprint density at radius 1 is 0.644 bits per heavy atom. The summed E-state index contributed by atoms with van der Waals surface area (Å²) in [5, 5.41) is 18.0. The van der Waals surface area contributed by atoms with Gasteiger partial charge < -0.3 is 53.6 Å². The Balaban J connectivity index is 1.34. The number of alkyl halides is 1. The first kappa shape index (κ1) is 44.3. The second-order valence-corrected chi connectivity index (χ2v) is 14.6. The molecule has 3 N–H and O–H groups in total. The number of ether oxygens (including phenoxy) is 8. The van der Waals surface area contributed by atoms with Crippen LogP contribution >= 0.6 is 11.6 Å². The van der Waals surface area contributed by atoms with Crippen LogP contribution in [0.25, 0.3) is 0 Å². The molecule has 4 aromatic carbocycles. The van der Waals surface area contributed by atoms with Gasteiger partial charge in [-0.2, -0.15) is 0 Å². The predicted octanol–water partition coefficient (Wildman–Crippen LogP) is 4.66. The summed E-state index contributed by atoms with van der Waals surface area (Å²) in [4.78, 5) is 25.1. The van der Waals surface area contributed by atoms with E-state index in [1.165, 1.54) is 14.0 Å². The van der Waals surface area contributed by atoms with Gasteiger partial charge in [-0.3, -0.25) is 9.59 Å². The van der Waals surface area contributed by atoms with E-state index in [4.69, 9.17) is 49.5 Å². The molecule has 59 heavy (non-hydrogen) atoms. The van der Waals surface area contributed by atoms with Crippen LogP contribution in [0.4, 0.5) is 0 Å². The Morgan fingerprint density at radius 3 is 1.61 bits per heavy atom. The van der Waals surface area contributed by atoms with Crippen LogP contribution < -0.4 is 10.6 Å². The summed E-state index contributed by atoms with van der Waals surface area (Å²) in [5.74, 6) is -1.08. The van der Waals surface area contributed by atoms with Gasteiger partial charge in [0.2, 0.25) is 11.8 Å². The van der Waals surface area contributed by atoms with Crippen LogP contribution in [0, 0.1) is 0 Å². The third-order valence-corrected chi connectivity index (χ3v) is 10.3. The van der Waals surface area contributed by atoms with Gasteiger partial charge in [-0.25, -0.2) is 0 Å². The number of halogens is 1. The van der Waals surface area contributed by atoms with Crippen LogP contribution in [-0.2, 0) is 73.9 Å². The first-order valence-electron chi connectivity index (χ1n) is 19.7. The number of amides is 2. The molecule has 0 unspecified atom stereocenters. The molecule has 2 saturated heterocycles. The van der Waals surface area contributed by atoms with Crippen molar-refractivity contribution in [1.82, 2.24) is 10.6 Å². The Labute approximate surface area is 350 Å². The molecule has 4 aromatic rings. The zero-order valence-electron chi connectivity index (χ0n) is 33.2. The second kappa shape index (κ2) is 22.9. The molecule has 0 radical (unpaired) electrons. The largest absolute Gasteiger partial charge is 0.385 e. The van der Waals surface area contributed by atoms with Crippen LogP contribution in [0.5, 0.6) is 0 Å². The van der Waals surface area contributed by atoms with Crippen molar-refractivity contribution in [2.24, 2.45) is 0 Å². The molecule has 2 heterocycles. The number of nitrogens with one attached hydrogen (secondary N) is 2. The second-order valence-electron chi connectivity index (χ2n) is 14.4. The topological polar surface area (TPSA) is 152 Å². The molecule has 2 fully saturated rings. The van der Waals surface area contributed by atoms with Gasteiger partial charge in [0.25, 0.3) is 0 Å². The van der Waals surface area contributed by atoms with Crippen LogP contribution in [-0.4, -0.2) is 104 Å². The van der Waals surface area contributed by atoms with Gasteiger partial charge in [0.1, 0.15) is 54.6 Å². The number of carbonyl (C=O) groups excluding carboxylic acids is 2. The molecule has 0 aromatic heterocycles. The minimum Gasteiger partial charge on any atom is -0.385 e. The van der Waals surface area contributed by atoms with Gasteiger partial charge in [0.15, 0.2) is 12.6 Å². The van der Waals surface area contributed by atoms with Gasteiger partial charge in [0, 0.05) is 20.6 Å². The van der Waals surface area contributed by atoms with E-state index in [9.17, 15) is 14.7 Å². The Bertz CT molecular complexity index is 1830. The summed E-state index contributed by atoms with van der Waals surface area (Å²) in [7, 11) is 1.45. The number of carbonyl (C=O) groups is 2. The number of hydrogen-bond donors (Lipinski definition) is 3. The van der Waals surface area contributed by atoms with Crippen LogP contribution in [0.2, 0.25) is 0 Å². The third-order valence-electron chi connectivity index (χ3n) is 10.0. The molecule has 2 amide bonds. The monoisotopic (exact) mass is 832 g/mol. The highest BCUT2D eigenvalue weighted by Crippen LogP contribution is 2.34. The lowest BCUT2D eigenvalue weighted by Gasteiger charge is -2.49. The van der Waals surface area contributed by atoms with E-state index in [0.717, 1.165) is 22.3 Å². The third kappa shape index (κ3) is 12.9. The molecular weight excluding hydrogens is 780 g/mol. The summed E-state index contributed by atoms with van der Waals surface area (Å²) in [5.41, 5.74) is 3.63. The maximum Gasteiger partial charge on any atom is 0.235 e. The van der Waals surface area contributed by atoms with E-state index in [-0.39, 0.29) is 44.8 Å². The van der Waals surface area contributed by atoms with Crippen molar-refractivity contribution in [3.8, 4) is 0 Å². The van der Waals surface area contributed by atoms with E-state index in [2.05, 4.69) is 10.6 Å². The highest BCUT2D eigenvalue weighted by molar-refractivity contribution is 6.27. The fourth-order valence-electron chi connectivity index (χ4n) is 7.14. The lowest BCUT2D eigenvalue weighted by Crippen LogP contribution is -2.69. The summed E-state index contributed by atoms with van der Waals surface area (Å²) in [6.45, 7) is 2.14. The predicted molar refractivity (Wildman–Crippen MR) is 218 cm³/mol. The molecule has 13 nitrogen and oxygen atoms in total. The summed E-state index contributed by atoms with van der Waals surface area (Å²) in [6.07, 6.45) is -9.35. The normalized spacial score (nSPS) is 26.8. The van der Waals surface area contributed by atoms with Crippen molar-refractivity contribution in [3.63, 3.8) is 0 Å². The van der Waals surface area contributed by atoms with Gasteiger partial charge in [-0.15, -0.1) is 11.6 Å². The molecule has 0 saturated carbocycles. The molecule has 0 aliphatic carbocycles. The Hall–Kier alpha value is -4.25. The Kier molecular flexibility index (Phi) is 17.2. The first-order chi connectivity index (χ1) is 28.8. The molecular formula is C45H53ClN2O11. The number of rotatable bonds is 20. The molecule has 0 bridgehead atoms. The van der Waals surface area contributed by atoms with E-state index in [0.29, 0.717) is 6.61 Å². The molecule has 316 valence electrons.